The zero-order valence-electron chi connectivity index (χ0n) is 11.5. The maximum absolute atomic E-state index is 11.9. The van der Waals surface area contributed by atoms with E-state index in [0.717, 1.165) is 10.2 Å². The van der Waals surface area contributed by atoms with Crippen molar-refractivity contribution in [2.75, 3.05) is 13.1 Å². The first-order valence-corrected chi connectivity index (χ1v) is 7.25. The molecule has 2 amide bonds. The quantitative estimate of drug-likeness (QED) is 0.857. The molecule has 0 aliphatic rings. The third kappa shape index (κ3) is 4.16. The molecule has 0 saturated heterocycles. The van der Waals surface area contributed by atoms with Crippen LogP contribution in [0, 0.1) is 0 Å². The van der Waals surface area contributed by atoms with E-state index < -0.39 is 0 Å². The molecule has 110 valence electrons. The molecule has 0 bridgehead atoms. The van der Waals surface area contributed by atoms with Gasteiger partial charge in [0.1, 0.15) is 0 Å². The Morgan fingerprint density at radius 2 is 1.95 bits per heavy atom. The van der Waals surface area contributed by atoms with Gasteiger partial charge < -0.3 is 10.6 Å². The minimum atomic E-state index is -0.329. The molecule has 0 atom stereocenters. The van der Waals surface area contributed by atoms with E-state index >= 15 is 0 Å². The number of amides is 2. The van der Waals surface area contributed by atoms with Crippen molar-refractivity contribution in [1.29, 1.82) is 0 Å². The van der Waals surface area contributed by atoms with Gasteiger partial charge >= 0.3 is 0 Å². The number of aromatic nitrogens is 2. The first kappa shape index (κ1) is 15.2. The summed E-state index contributed by atoms with van der Waals surface area (Å²) in [4.78, 5) is 23.2. The number of likely N-dealkylation sites (N-methyl/N-ethyl adjacent to an activating group) is 1. The van der Waals surface area contributed by atoms with Crippen LogP contribution in [0.15, 0.2) is 41.1 Å². The van der Waals surface area contributed by atoms with Gasteiger partial charge in [-0.25, -0.2) is 4.68 Å². The molecule has 0 fully saturated rings. The monoisotopic (exact) mass is 350 g/mol. The van der Waals surface area contributed by atoms with Crippen LogP contribution in [0.3, 0.4) is 0 Å². The molecule has 6 nitrogen and oxygen atoms in total. The summed E-state index contributed by atoms with van der Waals surface area (Å²) in [5.41, 5.74) is 1.25. The maximum atomic E-state index is 11.9. The number of hydrogen-bond donors (Lipinski definition) is 2. The van der Waals surface area contributed by atoms with Crippen LogP contribution in [0.25, 0.3) is 5.69 Å². The standard InChI is InChI=1S/C14H15BrN4O2/c1-2-16-13(20)8-17-14(21)10-7-18-19(9-10)12-5-3-11(15)4-6-12/h3-7,9H,2,8H2,1H3,(H,16,20)(H,17,21). The molecule has 1 heterocycles. The van der Waals surface area contributed by atoms with Gasteiger partial charge in [-0.3, -0.25) is 9.59 Å². The molecule has 0 spiro atoms. The van der Waals surface area contributed by atoms with Crippen molar-refractivity contribution in [3.8, 4) is 5.69 Å². The van der Waals surface area contributed by atoms with E-state index in [2.05, 4.69) is 31.7 Å². The molecule has 2 aromatic rings. The van der Waals surface area contributed by atoms with E-state index in [-0.39, 0.29) is 18.4 Å². The van der Waals surface area contributed by atoms with E-state index in [4.69, 9.17) is 0 Å². The third-order valence-electron chi connectivity index (χ3n) is 2.72. The third-order valence-corrected chi connectivity index (χ3v) is 3.25. The van der Waals surface area contributed by atoms with Crippen molar-refractivity contribution >= 4 is 27.7 Å². The van der Waals surface area contributed by atoms with Crippen LogP contribution in [0.2, 0.25) is 0 Å². The lowest BCUT2D eigenvalue weighted by Crippen LogP contribution is -2.36. The highest BCUT2D eigenvalue weighted by Crippen LogP contribution is 2.13. The number of carbonyl (C=O) groups is 2. The predicted octanol–water partition coefficient (Wildman–Crippen LogP) is 1.50. The Kier molecular flexibility index (Phi) is 5.10. The molecule has 0 unspecified atom stereocenters. The van der Waals surface area contributed by atoms with E-state index in [0.29, 0.717) is 12.1 Å². The summed E-state index contributed by atoms with van der Waals surface area (Å²) in [7, 11) is 0. The smallest absolute Gasteiger partial charge is 0.254 e. The molecule has 0 radical (unpaired) electrons. The van der Waals surface area contributed by atoms with Gasteiger partial charge in [0.15, 0.2) is 0 Å². The van der Waals surface area contributed by atoms with Crippen molar-refractivity contribution in [2.24, 2.45) is 0 Å². The second-order valence-electron chi connectivity index (χ2n) is 4.29. The molecular weight excluding hydrogens is 336 g/mol. The van der Waals surface area contributed by atoms with Crippen LogP contribution in [-0.2, 0) is 4.79 Å². The van der Waals surface area contributed by atoms with Gasteiger partial charge in [0, 0.05) is 17.2 Å². The van der Waals surface area contributed by atoms with Crippen LogP contribution in [-0.4, -0.2) is 34.7 Å². The molecule has 1 aromatic carbocycles. The Balaban J connectivity index is 2.00. The summed E-state index contributed by atoms with van der Waals surface area (Å²) in [6.07, 6.45) is 3.09. The Hall–Kier alpha value is -2.15. The maximum Gasteiger partial charge on any atom is 0.254 e. The predicted molar refractivity (Wildman–Crippen MR) is 82.3 cm³/mol. The summed E-state index contributed by atoms with van der Waals surface area (Å²) < 4.78 is 2.58. The minimum absolute atomic E-state index is 0.0455. The number of nitrogens with zero attached hydrogens (tertiary/aromatic N) is 2. The van der Waals surface area contributed by atoms with Gasteiger partial charge in [-0.2, -0.15) is 5.10 Å². The normalized spacial score (nSPS) is 10.2. The van der Waals surface area contributed by atoms with Gasteiger partial charge in [0.05, 0.1) is 24.0 Å². The topological polar surface area (TPSA) is 76.0 Å². The number of halogens is 1. The lowest BCUT2D eigenvalue weighted by Gasteiger charge is -2.03. The Morgan fingerprint density at radius 3 is 2.62 bits per heavy atom. The average molecular weight is 351 g/mol. The Bertz CT molecular complexity index is 637. The highest BCUT2D eigenvalue weighted by molar-refractivity contribution is 9.10. The summed E-state index contributed by atoms with van der Waals surface area (Å²) in [5, 5.41) is 9.30. The van der Waals surface area contributed by atoms with E-state index in [9.17, 15) is 9.59 Å². The van der Waals surface area contributed by atoms with Crippen molar-refractivity contribution in [2.45, 2.75) is 6.92 Å². The fourth-order valence-corrected chi connectivity index (χ4v) is 1.96. The number of benzene rings is 1. The minimum Gasteiger partial charge on any atom is -0.355 e. The van der Waals surface area contributed by atoms with Gasteiger partial charge in [0.25, 0.3) is 5.91 Å². The number of hydrogen-bond acceptors (Lipinski definition) is 3. The summed E-state index contributed by atoms with van der Waals surface area (Å²) in [6, 6.07) is 7.55. The van der Waals surface area contributed by atoms with Gasteiger partial charge in [-0.05, 0) is 31.2 Å². The highest BCUT2D eigenvalue weighted by atomic mass is 79.9. The zero-order chi connectivity index (χ0) is 15.2. The lowest BCUT2D eigenvalue weighted by atomic mass is 10.3. The molecule has 0 aliphatic heterocycles. The number of carbonyl (C=O) groups excluding carboxylic acids is 2. The highest BCUT2D eigenvalue weighted by Gasteiger charge is 2.10. The number of rotatable bonds is 5. The van der Waals surface area contributed by atoms with E-state index in [1.807, 2.05) is 31.2 Å². The van der Waals surface area contributed by atoms with Crippen molar-refractivity contribution in [3.63, 3.8) is 0 Å². The molecule has 7 heteroatoms. The summed E-state index contributed by atoms with van der Waals surface area (Å²) >= 11 is 3.36. The van der Waals surface area contributed by atoms with Crippen LogP contribution < -0.4 is 10.6 Å². The van der Waals surface area contributed by atoms with Gasteiger partial charge in [-0.1, -0.05) is 15.9 Å². The van der Waals surface area contributed by atoms with Crippen molar-refractivity contribution < 1.29 is 9.59 Å². The first-order valence-electron chi connectivity index (χ1n) is 6.45. The molecule has 0 aliphatic carbocycles. The van der Waals surface area contributed by atoms with Gasteiger partial charge in [-0.15, -0.1) is 0 Å². The molecule has 2 rings (SSSR count). The van der Waals surface area contributed by atoms with Crippen LogP contribution >= 0.6 is 15.9 Å². The molecule has 2 N–H and O–H groups in total. The Morgan fingerprint density at radius 1 is 1.24 bits per heavy atom. The fraction of sp³-hybridized carbons (Fsp3) is 0.214. The van der Waals surface area contributed by atoms with E-state index in [1.165, 1.54) is 6.20 Å². The zero-order valence-corrected chi connectivity index (χ0v) is 13.1. The largest absolute Gasteiger partial charge is 0.355 e. The van der Waals surface area contributed by atoms with Crippen LogP contribution in [0.1, 0.15) is 17.3 Å². The first-order chi connectivity index (χ1) is 10.1. The second-order valence-corrected chi connectivity index (χ2v) is 5.20. The van der Waals surface area contributed by atoms with Crippen molar-refractivity contribution in [3.05, 3.63) is 46.7 Å². The summed E-state index contributed by atoms with van der Waals surface area (Å²) in [5.74, 6) is -0.546. The molecule has 21 heavy (non-hydrogen) atoms. The SMILES string of the molecule is CCNC(=O)CNC(=O)c1cnn(-c2ccc(Br)cc2)c1. The summed E-state index contributed by atoms with van der Waals surface area (Å²) in [6.45, 7) is 2.31. The van der Waals surface area contributed by atoms with Crippen molar-refractivity contribution in [1.82, 2.24) is 20.4 Å². The second kappa shape index (κ2) is 7.03. The molecular formula is C14H15BrN4O2. The Labute approximate surface area is 130 Å². The number of nitrogens with one attached hydrogen (secondary N) is 2. The van der Waals surface area contributed by atoms with Crippen LogP contribution in [0.4, 0.5) is 0 Å². The fourth-order valence-electron chi connectivity index (χ4n) is 1.70. The molecule has 0 saturated carbocycles. The molecule has 1 aromatic heterocycles. The van der Waals surface area contributed by atoms with Crippen LogP contribution in [0.5, 0.6) is 0 Å². The van der Waals surface area contributed by atoms with E-state index in [1.54, 1.807) is 10.9 Å². The van der Waals surface area contributed by atoms with Gasteiger partial charge in [0.2, 0.25) is 5.91 Å². The average Bonchev–Trinajstić information content (AvgIpc) is 2.96. The lowest BCUT2D eigenvalue weighted by molar-refractivity contribution is -0.120.